The highest BCUT2D eigenvalue weighted by molar-refractivity contribution is 7.19. The van der Waals surface area contributed by atoms with Crippen LogP contribution in [0.5, 0.6) is 0 Å². The molecule has 1 aliphatic carbocycles. The normalized spacial score (nSPS) is 19.8. The van der Waals surface area contributed by atoms with E-state index >= 15 is 0 Å². The molecule has 0 N–H and O–H groups in total. The number of para-hydroxylation sites is 1. The van der Waals surface area contributed by atoms with Crippen LogP contribution in [0, 0.1) is 5.82 Å². The van der Waals surface area contributed by atoms with Crippen molar-refractivity contribution in [3.63, 3.8) is 0 Å². The van der Waals surface area contributed by atoms with Crippen LogP contribution in [0.3, 0.4) is 0 Å². The second kappa shape index (κ2) is 9.16. The first-order valence-corrected chi connectivity index (χ1v) is 12.9. The Morgan fingerprint density at radius 3 is 2.48 bits per heavy atom. The highest BCUT2D eigenvalue weighted by Gasteiger charge is 2.27. The van der Waals surface area contributed by atoms with Crippen LogP contribution < -0.4 is 9.80 Å². The highest BCUT2D eigenvalue weighted by atomic mass is 32.1. The van der Waals surface area contributed by atoms with Crippen molar-refractivity contribution in [2.45, 2.75) is 32.2 Å². The Bertz CT molecular complexity index is 1140. The number of aromatic nitrogens is 2. The first-order valence-electron chi connectivity index (χ1n) is 12.1. The molecular formula is C25H30FN5OS. The first-order chi connectivity index (χ1) is 16.3. The van der Waals surface area contributed by atoms with Crippen molar-refractivity contribution in [2.24, 2.45) is 0 Å². The lowest BCUT2D eigenvalue weighted by molar-refractivity contribution is 0.0331. The molecule has 0 spiro atoms. The van der Waals surface area contributed by atoms with Gasteiger partial charge < -0.3 is 14.5 Å². The Morgan fingerprint density at radius 2 is 1.67 bits per heavy atom. The molecule has 2 saturated heterocycles. The molecule has 0 bridgehead atoms. The van der Waals surface area contributed by atoms with E-state index in [1.807, 2.05) is 23.5 Å². The molecule has 0 radical (unpaired) electrons. The van der Waals surface area contributed by atoms with Gasteiger partial charge in [-0.2, -0.15) is 0 Å². The van der Waals surface area contributed by atoms with E-state index in [2.05, 4.69) is 14.7 Å². The summed E-state index contributed by atoms with van der Waals surface area (Å²) in [7, 11) is 0. The van der Waals surface area contributed by atoms with Crippen molar-refractivity contribution in [2.75, 3.05) is 62.3 Å². The maximum absolute atomic E-state index is 14.3. The van der Waals surface area contributed by atoms with Crippen LogP contribution in [0.2, 0.25) is 0 Å². The number of nitrogens with zero attached hydrogens (tertiary/aromatic N) is 5. The molecule has 6 nitrogen and oxygen atoms in total. The summed E-state index contributed by atoms with van der Waals surface area (Å²) in [6.07, 6.45) is 4.80. The van der Waals surface area contributed by atoms with Crippen LogP contribution in [-0.4, -0.2) is 67.4 Å². The monoisotopic (exact) mass is 467 g/mol. The van der Waals surface area contributed by atoms with E-state index in [4.69, 9.17) is 14.7 Å². The summed E-state index contributed by atoms with van der Waals surface area (Å²) < 4.78 is 19.9. The zero-order chi connectivity index (χ0) is 22.2. The fourth-order valence-corrected chi connectivity index (χ4v) is 6.58. The SMILES string of the molecule is Fc1ccccc1N1CCN(c2nc(CN3CCOCC3)nc3sc4c(c23)CCCC4)CC1. The predicted molar refractivity (Wildman–Crippen MR) is 131 cm³/mol. The highest BCUT2D eigenvalue weighted by Crippen LogP contribution is 2.40. The van der Waals surface area contributed by atoms with Gasteiger partial charge in [0.2, 0.25) is 0 Å². The van der Waals surface area contributed by atoms with Gasteiger partial charge in [0.25, 0.3) is 0 Å². The first kappa shape index (κ1) is 21.3. The number of hydrogen-bond acceptors (Lipinski definition) is 7. The second-order valence-electron chi connectivity index (χ2n) is 9.17. The third-order valence-electron chi connectivity index (χ3n) is 7.08. The molecular weight excluding hydrogens is 437 g/mol. The minimum Gasteiger partial charge on any atom is -0.379 e. The Morgan fingerprint density at radius 1 is 0.909 bits per heavy atom. The van der Waals surface area contributed by atoms with E-state index < -0.39 is 0 Å². The summed E-state index contributed by atoms with van der Waals surface area (Å²) >= 11 is 1.87. The fourth-order valence-electron chi connectivity index (χ4n) is 5.31. The molecule has 6 rings (SSSR count). The van der Waals surface area contributed by atoms with E-state index in [9.17, 15) is 4.39 Å². The lowest BCUT2D eigenvalue weighted by Crippen LogP contribution is -2.47. The lowest BCUT2D eigenvalue weighted by atomic mass is 9.97. The van der Waals surface area contributed by atoms with Gasteiger partial charge in [-0.1, -0.05) is 12.1 Å². The Labute approximate surface area is 198 Å². The molecule has 33 heavy (non-hydrogen) atoms. The molecule has 2 aliphatic heterocycles. The quantitative estimate of drug-likeness (QED) is 0.581. The van der Waals surface area contributed by atoms with E-state index in [-0.39, 0.29) is 5.82 Å². The van der Waals surface area contributed by atoms with Crippen LogP contribution in [-0.2, 0) is 24.1 Å². The third-order valence-corrected chi connectivity index (χ3v) is 8.27. The van der Waals surface area contributed by atoms with Gasteiger partial charge in [0.1, 0.15) is 22.3 Å². The molecule has 2 fully saturated rings. The zero-order valence-electron chi connectivity index (χ0n) is 18.9. The van der Waals surface area contributed by atoms with Crippen LogP contribution >= 0.6 is 11.3 Å². The minimum absolute atomic E-state index is 0.143. The van der Waals surface area contributed by atoms with Crippen LogP contribution in [0.25, 0.3) is 10.2 Å². The van der Waals surface area contributed by atoms with Gasteiger partial charge >= 0.3 is 0 Å². The average Bonchev–Trinajstić information content (AvgIpc) is 3.23. The summed E-state index contributed by atoms with van der Waals surface area (Å²) in [6.45, 7) is 7.43. The summed E-state index contributed by atoms with van der Waals surface area (Å²) in [6, 6.07) is 7.09. The molecule has 3 aromatic rings. The second-order valence-corrected chi connectivity index (χ2v) is 10.3. The van der Waals surface area contributed by atoms with Crippen molar-refractivity contribution >= 4 is 33.1 Å². The molecule has 0 saturated carbocycles. The summed E-state index contributed by atoms with van der Waals surface area (Å²) in [4.78, 5) is 19.8. The van der Waals surface area contributed by atoms with Crippen LogP contribution in [0.15, 0.2) is 24.3 Å². The van der Waals surface area contributed by atoms with Crippen LogP contribution in [0.4, 0.5) is 15.9 Å². The number of ether oxygens (including phenoxy) is 1. The summed E-state index contributed by atoms with van der Waals surface area (Å²) in [5, 5.41) is 1.28. The van der Waals surface area contributed by atoms with Crippen molar-refractivity contribution in [3.8, 4) is 0 Å². The van der Waals surface area contributed by atoms with Crippen molar-refractivity contribution in [1.29, 1.82) is 0 Å². The van der Waals surface area contributed by atoms with Gasteiger partial charge in [-0.15, -0.1) is 11.3 Å². The van der Waals surface area contributed by atoms with E-state index in [1.165, 1.54) is 28.7 Å². The molecule has 8 heteroatoms. The molecule has 4 heterocycles. The molecule has 0 atom stereocenters. The van der Waals surface area contributed by atoms with E-state index in [0.29, 0.717) is 5.69 Å². The maximum Gasteiger partial charge on any atom is 0.146 e. The molecule has 3 aliphatic rings. The largest absolute Gasteiger partial charge is 0.379 e. The number of hydrogen-bond donors (Lipinski definition) is 0. The Kier molecular flexibility index (Phi) is 5.90. The molecule has 1 aromatic carbocycles. The van der Waals surface area contributed by atoms with Gasteiger partial charge in [0, 0.05) is 44.1 Å². The fraction of sp³-hybridized carbons (Fsp3) is 0.520. The van der Waals surface area contributed by atoms with Crippen molar-refractivity contribution < 1.29 is 9.13 Å². The van der Waals surface area contributed by atoms with Gasteiger partial charge in [0.15, 0.2) is 0 Å². The molecule has 2 aromatic heterocycles. The van der Waals surface area contributed by atoms with Gasteiger partial charge in [-0.25, -0.2) is 14.4 Å². The number of anilines is 2. The number of aryl methyl sites for hydroxylation is 2. The number of thiophene rings is 1. The smallest absolute Gasteiger partial charge is 0.146 e. The minimum atomic E-state index is -0.143. The van der Waals surface area contributed by atoms with Gasteiger partial charge in [-0.05, 0) is 43.4 Å². The number of rotatable bonds is 4. The van der Waals surface area contributed by atoms with Gasteiger partial charge in [-0.3, -0.25) is 4.90 Å². The third kappa shape index (κ3) is 4.20. The summed E-state index contributed by atoms with van der Waals surface area (Å²) in [5.74, 6) is 1.86. The number of halogens is 1. The molecule has 174 valence electrons. The molecule has 0 unspecified atom stereocenters. The van der Waals surface area contributed by atoms with Crippen LogP contribution in [0.1, 0.15) is 29.1 Å². The zero-order valence-corrected chi connectivity index (χ0v) is 19.7. The number of piperazine rings is 1. The maximum atomic E-state index is 14.3. The Hall–Kier alpha value is -2.29. The Balaban J connectivity index is 1.32. The lowest BCUT2D eigenvalue weighted by Gasteiger charge is -2.37. The van der Waals surface area contributed by atoms with Crippen molar-refractivity contribution in [3.05, 3.63) is 46.3 Å². The average molecular weight is 468 g/mol. The van der Waals surface area contributed by atoms with E-state index in [1.54, 1.807) is 12.1 Å². The predicted octanol–water partition coefficient (Wildman–Crippen LogP) is 3.87. The summed E-state index contributed by atoms with van der Waals surface area (Å²) in [5.41, 5.74) is 2.18. The van der Waals surface area contributed by atoms with Gasteiger partial charge in [0.05, 0.1) is 30.8 Å². The van der Waals surface area contributed by atoms with Crippen molar-refractivity contribution in [1.82, 2.24) is 14.9 Å². The topological polar surface area (TPSA) is 44.7 Å². The number of fused-ring (bicyclic) bond motifs is 3. The van der Waals surface area contributed by atoms with E-state index in [0.717, 1.165) is 88.3 Å². The number of benzene rings is 1. The number of morpholine rings is 1. The molecule has 0 amide bonds. The standard InChI is InChI=1S/C25H30FN5OS/c26-19-6-2-3-7-20(19)30-9-11-31(12-10-30)24-23-18-5-1-4-8-21(18)33-25(23)28-22(27-24)17-29-13-15-32-16-14-29/h2-3,6-7H,1,4-5,8-17H2.